The van der Waals surface area contributed by atoms with Gasteiger partial charge in [0, 0.05) is 18.8 Å². The van der Waals surface area contributed by atoms with Crippen LogP contribution in [0.2, 0.25) is 0 Å². The standard InChI is InChI=1S/C22H25N7O2/c1-16-5-3-4-6-17(16)15-23-28-21-25-20(24-18-7-9-19(30-2)10-8-18)26-22(27-21)29-11-13-31-14-12-29/h3-10,15H,11-14H2,1-2H3,(H2,24,25,26,27,28). The molecule has 1 saturated heterocycles. The number of hydrogen-bond acceptors (Lipinski definition) is 9. The summed E-state index contributed by atoms with van der Waals surface area (Å²) in [7, 11) is 1.64. The zero-order valence-corrected chi connectivity index (χ0v) is 17.6. The zero-order chi connectivity index (χ0) is 21.5. The number of anilines is 4. The number of rotatable bonds is 7. The van der Waals surface area contributed by atoms with Gasteiger partial charge in [0.15, 0.2) is 0 Å². The number of ether oxygens (including phenoxy) is 2. The molecule has 0 radical (unpaired) electrons. The summed E-state index contributed by atoms with van der Waals surface area (Å²) in [6, 6.07) is 15.6. The maximum atomic E-state index is 5.44. The summed E-state index contributed by atoms with van der Waals surface area (Å²) in [4.78, 5) is 15.7. The van der Waals surface area contributed by atoms with E-state index in [9.17, 15) is 0 Å². The Morgan fingerprint density at radius 3 is 2.48 bits per heavy atom. The van der Waals surface area contributed by atoms with Crippen LogP contribution in [0, 0.1) is 6.92 Å². The molecular weight excluding hydrogens is 394 g/mol. The maximum absolute atomic E-state index is 5.44. The van der Waals surface area contributed by atoms with E-state index in [0.717, 1.165) is 35.7 Å². The summed E-state index contributed by atoms with van der Waals surface area (Å²) in [6.45, 7) is 4.76. The SMILES string of the molecule is COc1ccc(Nc2nc(NN=Cc3ccccc3C)nc(N3CCOCC3)n2)cc1. The second kappa shape index (κ2) is 9.86. The van der Waals surface area contributed by atoms with E-state index >= 15 is 0 Å². The second-order valence-corrected chi connectivity index (χ2v) is 6.96. The number of aryl methyl sites for hydroxylation is 1. The van der Waals surface area contributed by atoms with Gasteiger partial charge in [-0.3, -0.25) is 0 Å². The number of hydrogen-bond donors (Lipinski definition) is 2. The molecular formula is C22H25N7O2. The molecule has 2 heterocycles. The van der Waals surface area contributed by atoms with Crippen molar-refractivity contribution >= 4 is 29.7 Å². The molecule has 9 nitrogen and oxygen atoms in total. The molecule has 0 bridgehead atoms. The first-order chi connectivity index (χ1) is 15.2. The molecule has 160 valence electrons. The van der Waals surface area contributed by atoms with Crippen LogP contribution in [0.25, 0.3) is 0 Å². The maximum Gasteiger partial charge on any atom is 0.250 e. The highest BCUT2D eigenvalue weighted by Crippen LogP contribution is 2.21. The Labute approximate surface area is 181 Å². The summed E-state index contributed by atoms with van der Waals surface area (Å²) < 4.78 is 10.7. The van der Waals surface area contributed by atoms with E-state index in [-0.39, 0.29) is 0 Å². The lowest BCUT2D eigenvalue weighted by molar-refractivity contribution is 0.122. The van der Waals surface area contributed by atoms with E-state index < -0.39 is 0 Å². The van der Waals surface area contributed by atoms with E-state index in [1.807, 2.05) is 55.5 Å². The highest BCUT2D eigenvalue weighted by Gasteiger charge is 2.16. The molecule has 31 heavy (non-hydrogen) atoms. The molecule has 1 aliphatic rings. The van der Waals surface area contributed by atoms with Crippen LogP contribution in [0.3, 0.4) is 0 Å². The van der Waals surface area contributed by atoms with Gasteiger partial charge in [0.25, 0.3) is 0 Å². The monoisotopic (exact) mass is 419 g/mol. The molecule has 0 amide bonds. The van der Waals surface area contributed by atoms with Crippen molar-refractivity contribution in [1.29, 1.82) is 0 Å². The van der Waals surface area contributed by atoms with Gasteiger partial charge < -0.3 is 19.7 Å². The van der Waals surface area contributed by atoms with Crippen LogP contribution in [-0.4, -0.2) is 54.6 Å². The number of nitrogens with one attached hydrogen (secondary N) is 2. The largest absolute Gasteiger partial charge is 0.497 e. The van der Waals surface area contributed by atoms with Crippen molar-refractivity contribution in [3.05, 3.63) is 59.7 Å². The fourth-order valence-corrected chi connectivity index (χ4v) is 3.07. The van der Waals surface area contributed by atoms with Gasteiger partial charge in [-0.15, -0.1) is 0 Å². The lowest BCUT2D eigenvalue weighted by atomic mass is 10.1. The molecule has 9 heteroatoms. The van der Waals surface area contributed by atoms with E-state index in [0.29, 0.717) is 31.1 Å². The van der Waals surface area contributed by atoms with Crippen molar-refractivity contribution in [3.63, 3.8) is 0 Å². The van der Waals surface area contributed by atoms with Crippen molar-refractivity contribution in [2.24, 2.45) is 5.10 Å². The third-order valence-electron chi connectivity index (χ3n) is 4.82. The first-order valence-corrected chi connectivity index (χ1v) is 10.1. The number of methoxy groups -OCH3 is 1. The summed E-state index contributed by atoms with van der Waals surface area (Å²) in [6.07, 6.45) is 1.75. The fraction of sp³-hybridized carbons (Fsp3) is 0.273. The number of nitrogens with zero attached hydrogens (tertiary/aromatic N) is 5. The van der Waals surface area contributed by atoms with E-state index in [2.05, 4.69) is 35.7 Å². The van der Waals surface area contributed by atoms with Gasteiger partial charge in [0.2, 0.25) is 17.8 Å². The quantitative estimate of drug-likeness (QED) is 0.445. The molecule has 1 fully saturated rings. The van der Waals surface area contributed by atoms with Gasteiger partial charge in [0.05, 0.1) is 26.5 Å². The smallest absolute Gasteiger partial charge is 0.250 e. The van der Waals surface area contributed by atoms with Crippen molar-refractivity contribution < 1.29 is 9.47 Å². The van der Waals surface area contributed by atoms with Crippen LogP contribution in [0.1, 0.15) is 11.1 Å². The summed E-state index contributed by atoms with van der Waals surface area (Å²) in [5, 5.41) is 7.54. The van der Waals surface area contributed by atoms with Crippen molar-refractivity contribution in [2.75, 3.05) is 49.1 Å². The molecule has 2 N–H and O–H groups in total. The first-order valence-electron chi connectivity index (χ1n) is 10.1. The Hall–Kier alpha value is -3.72. The van der Waals surface area contributed by atoms with Gasteiger partial charge in [-0.05, 0) is 42.3 Å². The Morgan fingerprint density at radius 2 is 1.74 bits per heavy atom. The summed E-state index contributed by atoms with van der Waals surface area (Å²) in [5.74, 6) is 2.14. The molecule has 4 rings (SSSR count). The highest BCUT2D eigenvalue weighted by atomic mass is 16.5. The Kier molecular flexibility index (Phi) is 6.53. The third kappa shape index (κ3) is 5.46. The van der Waals surface area contributed by atoms with E-state index in [4.69, 9.17) is 9.47 Å². The minimum absolute atomic E-state index is 0.359. The molecule has 0 unspecified atom stereocenters. The van der Waals surface area contributed by atoms with Gasteiger partial charge in [-0.25, -0.2) is 5.43 Å². The normalized spacial score (nSPS) is 13.9. The predicted octanol–water partition coefficient (Wildman–Crippen LogP) is 3.21. The van der Waals surface area contributed by atoms with Crippen LogP contribution < -0.4 is 20.4 Å². The number of hydrazone groups is 1. The van der Waals surface area contributed by atoms with Crippen LogP contribution in [-0.2, 0) is 4.74 Å². The van der Waals surface area contributed by atoms with Gasteiger partial charge in [-0.2, -0.15) is 20.1 Å². The van der Waals surface area contributed by atoms with Gasteiger partial charge >= 0.3 is 0 Å². The topological polar surface area (TPSA) is 96.8 Å². The fourth-order valence-electron chi connectivity index (χ4n) is 3.07. The molecule has 0 atom stereocenters. The van der Waals surface area contributed by atoms with Crippen LogP contribution in [0.5, 0.6) is 5.75 Å². The van der Waals surface area contributed by atoms with Gasteiger partial charge in [0.1, 0.15) is 5.75 Å². The molecule has 0 spiro atoms. The predicted molar refractivity (Wildman–Crippen MR) is 122 cm³/mol. The molecule has 1 aliphatic heterocycles. The van der Waals surface area contributed by atoms with E-state index in [1.54, 1.807) is 13.3 Å². The summed E-state index contributed by atoms with van der Waals surface area (Å²) >= 11 is 0. The zero-order valence-electron chi connectivity index (χ0n) is 17.6. The molecule has 1 aromatic heterocycles. The van der Waals surface area contributed by atoms with Crippen molar-refractivity contribution in [3.8, 4) is 5.75 Å². The average molecular weight is 419 g/mol. The minimum Gasteiger partial charge on any atom is -0.497 e. The van der Waals surface area contributed by atoms with Gasteiger partial charge in [-0.1, -0.05) is 24.3 Å². The van der Waals surface area contributed by atoms with Crippen molar-refractivity contribution in [1.82, 2.24) is 15.0 Å². The minimum atomic E-state index is 0.359. The first kappa shape index (κ1) is 20.5. The molecule has 0 aliphatic carbocycles. The van der Waals surface area contributed by atoms with Crippen LogP contribution >= 0.6 is 0 Å². The highest BCUT2D eigenvalue weighted by molar-refractivity contribution is 5.82. The molecule has 2 aromatic carbocycles. The number of aromatic nitrogens is 3. The molecule has 3 aromatic rings. The van der Waals surface area contributed by atoms with E-state index in [1.165, 1.54) is 0 Å². The Bertz CT molecular complexity index is 1030. The number of morpholine rings is 1. The lowest BCUT2D eigenvalue weighted by Gasteiger charge is -2.27. The number of benzene rings is 2. The van der Waals surface area contributed by atoms with Crippen LogP contribution in [0.4, 0.5) is 23.5 Å². The van der Waals surface area contributed by atoms with Crippen LogP contribution in [0.15, 0.2) is 53.6 Å². The Balaban J connectivity index is 1.56. The molecule has 0 saturated carbocycles. The lowest BCUT2D eigenvalue weighted by Crippen LogP contribution is -2.37. The average Bonchev–Trinajstić information content (AvgIpc) is 2.81. The second-order valence-electron chi connectivity index (χ2n) is 6.96. The third-order valence-corrected chi connectivity index (χ3v) is 4.82. The summed E-state index contributed by atoms with van der Waals surface area (Å²) in [5.41, 5.74) is 5.94. The Morgan fingerprint density at radius 1 is 1.00 bits per heavy atom. The van der Waals surface area contributed by atoms with Crippen molar-refractivity contribution in [2.45, 2.75) is 6.92 Å².